The van der Waals surface area contributed by atoms with E-state index < -0.39 is 5.97 Å². The molecular weight excluding hydrogens is 278 g/mol. The van der Waals surface area contributed by atoms with Gasteiger partial charge in [0.15, 0.2) is 4.34 Å². The molecule has 0 amide bonds. The van der Waals surface area contributed by atoms with Gasteiger partial charge in [-0.3, -0.25) is 0 Å². The second kappa shape index (κ2) is 5.08. The van der Waals surface area contributed by atoms with E-state index in [1.807, 2.05) is 12.3 Å². The van der Waals surface area contributed by atoms with Crippen molar-refractivity contribution in [3.8, 4) is 0 Å². The summed E-state index contributed by atoms with van der Waals surface area (Å²) in [6.07, 6.45) is 0. The van der Waals surface area contributed by atoms with Gasteiger partial charge in [0, 0.05) is 16.0 Å². The zero-order chi connectivity index (χ0) is 12.4. The number of aromatic nitrogens is 1. The van der Waals surface area contributed by atoms with Gasteiger partial charge in [0.1, 0.15) is 0 Å². The predicted molar refractivity (Wildman–Crippen MR) is 69.4 cm³/mol. The maximum absolute atomic E-state index is 11.1. The SMILES string of the molecule is Cc1csc(Sc2cccc(Cl)c2C(=O)O)n1. The average Bonchev–Trinajstić information content (AvgIpc) is 2.63. The van der Waals surface area contributed by atoms with Crippen molar-refractivity contribution in [2.24, 2.45) is 0 Å². The van der Waals surface area contributed by atoms with Crippen LogP contribution in [0.25, 0.3) is 0 Å². The molecule has 1 N–H and O–H groups in total. The van der Waals surface area contributed by atoms with Crippen molar-refractivity contribution in [1.29, 1.82) is 0 Å². The first-order chi connectivity index (χ1) is 8.08. The van der Waals surface area contributed by atoms with Crippen molar-refractivity contribution in [2.45, 2.75) is 16.2 Å². The molecule has 0 atom stereocenters. The zero-order valence-corrected chi connectivity index (χ0v) is 11.2. The molecule has 17 heavy (non-hydrogen) atoms. The van der Waals surface area contributed by atoms with E-state index >= 15 is 0 Å². The lowest BCUT2D eigenvalue weighted by Crippen LogP contribution is -1.99. The number of benzene rings is 1. The van der Waals surface area contributed by atoms with E-state index in [-0.39, 0.29) is 10.6 Å². The summed E-state index contributed by atoms with van der Waals surface area (Å²) < 4.78 is 0.812. The van der Waals surface area contributed by atoms with Crippen LogP contribution in [-0.4, -0.2) is 16.1 Å². The van der Waals surface area contributed by atoms with Crippen LogP contribution in [0.15, 0.2) is 32.8 Å². The first-order valence-corrected chi connectivity index (χ1v) is 6.77. The molecule has 0 saturated carbocycles. The summed E-state index contributed by atoms with van der Waals surface area (Å²) in [7, 11) is 0. The number of aromatic carboxylic acids is 1. The number of rotatable bonds is 3. The molecule has 2 rings (SSSR count). The van der Waals surface area contributed by atoms with E-state index in [4.69, 9.17) is 16.7 Å². The highest BCUT2D eigenvalue weighted by atomic mass is 35.5. The van der Waals surface area contributed by atoms with E-state index in [2.05, 4.69) is 4.98 Å². The summed E-state index contributed by atoms with van der Waals surface area (Å²) in [6, 6.07) is 5.04. The maximum atomic E-state index is 11.1. The summed E-state index contributed by atoms with van der Waals surface area (Å²) in [5.41, 5.74) is 1.06. The standard InChI is InChI=1S/C11H8ClNO2S2/c1-6-5-16-11(13-6)17-8-4-2-3-7(12)9(8)10(14)15/h2-5H,1H3,(H,14,15). The summed E-state index contributed by atoms with van der Waals surface area (Å²) in [5.74, 6) is -1.02. The normalized spacial score (nSPS) is 10.5. The fourth-order valence-electron chi connectivity index (χ4n) is 1.27. The zero-order valence-electron chi connectivity index (χ0n) is 8.81. The Bertz CT molecular complexity index is 568. The lowest BCUT2D eigenvalue weighted by atomic mass is 10.2. The Morgan fingerprint density at radius 2 is 2.29 bits per heavy atom. The number of halogens is 1. The molecule has 0 aliphatic heterocycles. The van der Waals surface area contributed by atoms with E-state index in [9.17, 15) is 4.79 Å². The fourth-order valence-corrected chi connectivity index (χ4v) is 3.53. The lowest BCUT2D eigenvalue weighted by molar-refractivity contribution is 0.0693. The Kier molecular flexibility index (Phi) is 3.71. The van der Waals surface area contributed by atoms with Gasteiger partial charge in [-0.15, -0.1) is 11.3 Å². The van der Waals surface area contributed by atoms with Crippen LogP contribution in [0.3, 0.4) is 0 Å². The van der Waals surface area contributed by atoms with Gasteiger partial charge >= 0.3 is 5.97 Å². The van der Waals surface area contributed by atoms with Crippen molar-refractivity contribution >= 4 is 40.7 Å². The minimum absolute atomic E-state index is 0.131. The Hall–Kier alpha value is -1.04. The van der Waals surface area contributed by atoms with Crippen LogP contribution < -0.4 is 0 Å². The molecular formula is C11H8ClNO2S2. The molecule has 0 fully saturated rings. The molecule has 0 aliphatic carbocycles. The third kappa shape index (κ3) is 2.80. The van der Waals surface area contributed by atoms with Crippen LogP contribution in [0.1, 0.15) is 16.1 Å². The van der Waals surface area contributed by atoms with E-state index in [1.165, 1.54) is 23.1 Å². The molecule has 0 radical (unpaired) electrons. The molecule has 2 aromatic rings. The van der Waals surface area contributed by atoms with Gasteiger partial charge in [-0.1, -0.05) is 29.4 Å². The van der Waals surface area contributed by atoms with Crippen LogP contribution >= 0.6 is 34.7 Å². The second-order valence-electron chi connectivity index (χ2n) is 3.27. The molecule has 1 heterocycles. The summed E-state index contributed by atoms with van der Waals surface area (Å²) in [5, 5.41) is 11.3. The molecule has 88 valence electrons. The molecule has 1 aromatic heterocycles. The summed E-state index contributed by atoms with van der Waals surface area (Å²) >= 11 is 8.69. The molecule has 1 aromatic carbocycles. The Balaban J connectivity index is 2.39. The van der Waals surface area contributed by atoms with E-state index in [0.29, 0.717) is 4.90 Å². The Morgan fingerprint density at radius 3 is 2.88 bits per heavy atom. The molecule has 0 aliphatic rings. The minimum Gasteiger partial charge on any atom is -0.478 e. The number of aryl methyl sites for hydroxylation is 1. The van der Waals surface area contributed by atoms with Gasteiger partial charge in [-0.25, -0.2) is 9.78 Å². The number of hydrogen-bond donors (Lipinski definition) is 1. The van der Waals surface area contributed by atoms with Gasteiger partial charge in [0.2, 0.25) is 0 Å². The second-order valence-corrected chi connectivity index (χ2v) is 5.83. The molecule has 0 bridgehead atoms. The first kappa shape index (κ1) is 12.4. The van der Waals surface area contributed by atoms with Crippen LogP contribution in [0.2, 0.25) is 5.02 Å². The number of carbonyl (C=O) groups is 1. The number of thiazole rings is 1. The highest BCUT2D eigenvalue weighted by molar-refractivity contribution is 8.01. The lowest BCUT2D eigenvalue weighted by Gasteiger charge is -2.04. The topological polar surface area (TPSA) is 50.2 Å². The van der Waals surface area contributed by atoms with Gasteiger partial charge in [0.05, 0.1) is 10.6 Å². The summed E-state index contributed by atoms with van der Waals surface area (Å²) in [4.78, 5) is 16.0. The Morgan fingerprint density at radius 1 is 1.53 bits per heavy atom. The van der Waals surface area contributed by atoms with Gasteiger partial charge in [0.25, 0.3) is 0 Å². The number of hydrogen-bond acceptors (Lipinski definition) is 4. The number of carboxylic acids is 1. The van der Waals surface area contributed by atoms with Gasteiger partial charge in [-0.2, -0.15) is 0 Å². The number of nitrogens with zero attached hydrogens (tertiary/aromatic N) is 1. The summed E-state index contributed by atoms with van der Waals surface area (Å²) in [6.45, 7) is 1.90. The van der Waals surface area contributed by atoms with Crippen molar-refractivity contribution < 1.29 is 9.90 Å². The predicted octanol–water partition coefficient (Wildman–Crippen LogP) is 3.95. The van der Waals surface area contributed by atoms with Crippen molar-refractivity contribution in [1.82, 2.24) is 4.98 Å². The van der Waals surface area contributed by atoms with Crippen LogP contribution in [0.4, 0.5) is 0 Å². The quantitative estimate of drug-likeness (QED) is 0.927. The van der Waals surface area contributed by atoms with Gasteiger partial charge in [-0.05, 0) is 19.1 Å². The third-order valence-electron chi connectivity index (χ3n) is 1.98. The Labute approximate surface area is 111 Å². The van der Waals surface area contributed by atoms with Crippen LogP contribution in [0, 0.1) is 6.92 Å². The average molecular weight is 286 g/mol. The molecule has 0 spiro atoms. The molecule has 0 saturated heterocycles. The molecule has 6 heteroatoms. The van der Waals surface area contributed by atoms with E-state index in [0.717, 1.165) is 10.0 Å². The van der Waals surface area contributed by atoms with E-state index in [1.54, 1.807) is 18.2 Å². The smallest absolute Gasteiger partial charge is 0.338 e. The highest BCUT2D eigenvalue weighted by Gasteiger charge is 2.16. The maximum Gasteiger partial charge on any atom is 0.338 e. The van der Waals surface area contributed by atoms with Crippen LogP contribution in [-0.2, 0) is 0 Å². The third-order valence-corrected chi connectivity index (χ3v) is 4.42. The number of carboxylic acid groups (broad SMARTS) is 1. The van der Waals surface area contributed by atoms with Gasteiger partial charge < -0.3 is 5.11 Å². The minimum atomic E-state index is -1.02. The van der Waals surface area contributed by atoms with Crippen molar-refractivity contribution in [3.63, 3.8) is 0 Å². The highest BCUT2D eigenvalue weighted by Crippen LogP contribution is 2.35. The van der Waals surface area contributed by atoms with Crippen molar-refractivity contribution in [3.05, 3.63) is 39.9 Å². The van der Waals surface area contributed by atoms with Crippen molar-refractivity contribution in [2.75, 3.05) is 0 Å². The molecule has 3 nitrogen and oxygen atoms in total. The monoisotopic (exact) mass is 285 g/mol. The van der Waals surface area contributed by atoms with Crippen LogP contribution in [0.5, 0.6) is 0 Å². The largest absolute Gasteiger partial charge is 0.478 e. The molecule has 0 unspecified atom stereocenters. The fraction of sp³-hybridized carbons (Fsp3) is 0.0909. The first-order valence-electron chi connectivity index (χ1n) is 4.69.